The average Bonchev–Trinajstić information content (AvgIpc) is 0.768. The Labute approximate surface area is 519 Å². The number of hydrogen-bond acceptors (Lipinski definition) is 1. The van der Waals surface area contributed by atoms with Gasteiger partial charge in [0.05, 0.1) is 0 Å². The van der Waals surface area contributed by atoms with Gasteiger partial charge in [0, 0.05) is 5.69 Å². The summed E-state index contributed by atoms with van der Waals surface area (Å²) in [5.41, 5.74) is 16.0. The van der Waals surface area contributed by atoms with Gasteiger partial charge < -0.3 is 4.72 Å². The predicted molar refractivity (Wildman–Crippen MR) is 386 cm³/mol. The second kappa shape index (κ2) is 22.1. The summed E-state index contributed by atoms with van der Waals surface area (Å²) in [6.45, 7) is -0.922. The van der Waals surface area contributed by atoms with E-state index in [1.165, 1.54) is 152 Å². The molecule has 0 aromatic heterocycles. The van der Waals surface area contributed by atoms with Crippen molar-refractivity contribution in [3.63, 3.8) is 0 Å². The highest BCUT2D eigenvalue weighted by atomic mass is 15.0. The number of rotatable bonds is 11. The van der Waals surface area contributed by atoms with Gasteiger partial charge in [-0.15, -0.1) is 0 Å². The Morgan fingerprint density at radius 2 is 0.404 bits per heavy atom. The molecule has 0 N–H and O–H groups in total. The van der Waals surface area contributed by atoms with Gasteiger partial charge >= 0.3 is 13.7 Å². The maximum Gasteiger partial charge on any atom is 0.313 e. The highest BCUT2D eigenvalue weighted by Gasteiger charge is 2.44. The Bertz CT molecular complexity index is 5220. The molecule has 3 heteroatoms. The van der Waals surface area contributed by atoms with E-state index < -0.39 is 13.7 Å². The van der Waals surface area contributed by atoms with E-state index in [2.05, 4.69) is 338 Å². The molecule has 16 aromatic rings. The lowest BCUT2D eigenvalue weighted by Crippen LogP contribution is -2.72. The van der Waals surface area contributed by atoms with Crippen LogP contribution in [0.3, 0.4) is 0 Å². The highest BCUT2D eigenvalue weighted by Crippen LogP contribution is 2.42. The molecule has 1 aliphatic carbocycles. The first kappa shape index (κ1) is 52.3. The SMILES string of the molecule is C1=c2c(B(c3c4ccccc4c(-c4ccccc4)c4ccccc34)N(B(c3c4ccccc4c(-c4ccccc4)c4ccccc34)c3c4ccccc4c(-c4ccccc4)c4ccccc34)c3ccccc3)c3ccccc3c(-c3ccccc3)c2=CCC1. The van der Waals surface area contributed by atoms with Crippen molar-refractivity contribution in [1.82, 2.24) is 0 Å². The number of para-hydroxylation sites is 1. The quantitative estimate of drug-likeness (QED) is 0.0922. The lowest BCUT2D eigenvalue weighted by molar-refractivity contribution is 1.12. The van der Waals surface area contributed by atoms with Crippen molar-refractivity contribution >= 4 is 129 Å². The summed E-state index contributed by atoms with van der Waals surface area (Å²) in [7, 11) is 0. The summed E-state index contributed by atoms with van der Waals surface area (Å²) in [5.74, 6) is 0. The predicted octanol–water partition coefficient (Wildman–Crippen LogP) is 18.2. The second-order valence-corrected chi connectivity index (χ2v) is 23.8. The van der Waals surface area contributed by atoms with Crippen LogP contribution in [-0.4, -0.2) is 13.7 Å². The van der Waals surface area contributed by atoms with E-state index in [1.54, 1.807) is 0 Å². The number of benzene rings is 16. The Balaban J connectivity index is 1.14. The Kier molecular flexibility index (Phi) is 13.0. The second-order valence-electron chi connectivity index (χ2n) is 23.8. The van der Waals surface area contributed by atoms with Crippen LogP contribution < -0.4 is 37.0 Å². The van der Waals surface area contributed by atoms with Crippen LogP contribution in [0.15, 0.2) is 322 Å². The van der Waals surface area contributed by atoms with Gasteiger partial charge in [-0.3, -0.25) is 0 Å². The van der Waals surface area contributed by atoms with E-state index in [0.29, 0.717) is 0 Å². The molecule has 17 rings (SSSR count). The van der Waals surface area contributed by atoms with Crippen LogP contribution in [-0.2, 0) is 0 Å². The molecular formula is C86H59B2N. The summed E-state index contributed by atoms with van der Waals surface area (Å²) < 4.78 is 2.93. The van der Waals surface area contributed by atoms with Crippen LogP contribution in [0.1, 0.15) is 12.8 Å². The zero-order chi connectivity index (χ0) is 58.8. The molecule has 0 saturated carbocycles. The molecule has 16 aromatic carbocycles. The van der Waals surface area contributed by atoms with Gasteiger partial charge in [0.15, 0.2) is 0 Å². The third-order valence-electron chi connectivity index (χ3n) is 19.1. The fourth-order valence-corrected chi connectivity index (χ4v) is 15.6. The van der Waals surface area contributed by atoms with Gasteiger partial charge in [-0.25, -0.2) is 0 Å². The summed E-state index contributed by atoms with van der Waals surface area (Å²) in [4.78, 5) is 0. The molecule has 0 fully saturated rings. The number of hydrogen-bond donors (Lipinski definition) is 0. The molecule has 1 aliphatic rings. The van der Waals surface area contributed by atoms with E-state index in [-0.39, 0.29) is 0 Å². The van der Waals surface area contributed by atoms with Crippen LogP contribution in [0.2, 0.25) is 0 Å². The third-order valence-corrected chi connectivity index (χ3v) is 19.1. The van der Waals surface area contributed by atoms with Gasteiger partial charge in [-0.05, 0) is 177 Å². The molecule has 414 valence electrons. The zero-order valence-corrected chi connectivity index (χ0v) is 49.3. The molecule has 0 amide bonds. The summed E-state index contributed by atoms with van der Waals surface area (Å²) in [6.07, 6.45) is 7.02. The Morgan fingerprint density at radius 1 is 0.191 bits per heavy atom. The normalized spacial score (nSPS) is 12.1. The minimum atomic E-state index is -0.469. The highest BCUT2D eigenvalue weighted by molar-refractivity contribution is 7.09. The molecule has 1 nitrogen and oxygen atoms in total. The van der Waals surface area contributed by atoms with Crippen molar-refractivity contribution in [2.75, 3.05) is 4.72 Å². The van der Waals surface area contributed by atoms with Crippen LogP contribution >= 0.6 is 0 Å². The zero-order valence-electron chi connectivity index (χ0n) is 49.3. The smallest absolute Gasteiger partial charge is 0.313 e. The van der Waals surface area contributed by atoms with Gasteiger partial charge in [-0.2, -0.15) is 0 Å². The van der Waals surface area contributed by atoms with Crippen LogP contribution in [0, 0.1) is 0 Å². The number of fused-ring (bicyclic) bond motifs is 8. The monoisotopic (exact) mass is 1130 g/mol. The van der Waals surface area contributed by atoms with E-state index in [4.69, 9.17) is 0 Å². The summed E-state index contributed by atoms with van der Waals surface area (Å²) in [6, 6.07) is 121. The lowest BCUT2D eigenvalue weighted by atomic mass is 9.34. The molecule has 0 unspecified atom stereocenters. The van der Waals surface area contributed by atoms with Crippen LogP contribution in [0.5, 0.6) is 0 Å². The van der Waals surface area contributed by atoms with Crippen molar-refractivity contribution in [3.05, 3.63) is 332 Å². The van der Waals surface area contributed by atoms with E-state index in [0.717, 1.165) is 18.5 Å². The maximum atomic E-state index is 2.93. The van der Waals surface area contributed by atoms with Crippen molar-refractivity contribution in [2.24, 2.45) is 0 Å². The first-order chi connectivity index (χ1) is 44.3. The molecule has 0 atom stereocenters. The number of anilines is 1. The van der Waals surface area contributed by atoms with Gasteiger partial charge in [0.1, 0.15) is 0 Å². The molecule has 0 heterocycles. The summed E-state index contributed by atoms with van der Waals surface area (Å²) >= 11 is 0. The molecule has 0 saturated heterocycles. The van der Waals surface area contributed by atoms with Gasteiger partial charge in [0.25, 0.3) is 0 Å². The fraction of sp³-hybridized carbons (Fsp3) is 0.0233. The topological polar surface area (TPSA) is 3.24 Å². The van der Waals surface area contributed by atoms with Crippen LogP contribution in [0.25, 0.3) is 132 Å². The van der Waals surface area contributed by atoms with Gasteiger partial charge in [-0.1, -0.05) is 322 Å². The Morgan fingerprint density at radius 3 is 0.708 bits per heavy atom. The average molecular weight is 1130 g/mol. The first-order valence-corrected chi connectivity index (χ1v) is 31.4. The fourth-order valence-electron chi connectivity index (χ4n) is 15.6. The Hall–Kier alpha value is -11.0. The van der Waals surface area contributed by atoms with Gasteiger partial charge in [0.2, 0.25) is 0 Å². The minimum absolute atomic E-state index is 0.453. The molecule has 89 heavy (non-hydrogen) atoms. The minimum Gasteiger partial charge on any atom is -0.445 e. The molecule has 0 bridgehead atoms. The molecule has 0 aliphatic heterocycles. The van der Waals surface area contributed by atoms with E-state index in [1.807, 2.05) is 0 Å². The van der Waals surface area contributed by atoms with E-state index in [9.17, 15) is 0 Å². The summed E-state index contributed by atoms with van der Waals surface area (Å²) in [5, 5.41) is 19.7. The molecule has 0 radical (unpaired) electrons. The standard InChI is InChI=1S/C86H59B2N/c1-6-32-58(33-7-1)79-63-42-16-24-50-71(63)83(72-51-25-17-43-64(72)79)87(84-73-52-26-18-44-65(73)80(59-34-8-2-9-35-59)66-45-19-27-53-74(66)84)89(62-40-14-5-15-41-62)88(85-75-54-28-20-46-67(75)81(60-36-10-3-11-37-60)68-47-21-29-55-76(68)85)86-77-56-30-22-48-69(77)82(61-38-12-4-13-39-61)70-49-23-31-57-78(70)86/h1-22,24-30,32-57H,23,31H2. The first-order valence-electron chi connectivity index (χ1n) is 31.4. The van der Waals surface area contributed by atoms with Crippen molar-refractivity contribution in [1.29, 1.82) is 0 Å². The largest absolute Gasteiger partial charge is 0.445 e. The molecular weight excluding hydrogens is 1070 g/mol. The van der Waals surface area contributed by atoms with Crippen molar-refractivity contribution in [2.45, 2.75) is 12.8 Å². The van der Waals surface area contributed by atoms with Crippen LogP contribution in [0.4, 0.5) is 5.69 Å². The third kappa shape index (κ3) is 8.56. The maximum absolute atomic E-state index is 2.93. The number of nitrogens with zero attached hydrogens (tertiary/aromatic N) is 1. The molecule has 0 spiro atoms. The lowest BCUT2D eigenvalue weighted by Gasteiger charge is -2.42. The van der Waals surface area contributed by atoms with Crippen molar-refractivity contribution < 1.29 is 0 Å². The van der Waals surface area contributed by atoms with E-state index >= 15 is 0 Å². The van der Waals surface area contributed by atoms with Crippen molar-refractivity contribution in [3.8, 4) is 44.5 Å².